The van der Waals surface area contributed by atoms with Crippen LogP contribution >= 0.6 is 0 Å². The third kappa shape index (κ3) is 2.50. The second kappa shape index (κ2) is 5.25. The lowest BCUT2D eigenvalue weighted by atomic mass is 10.0. The van der Waals surface area contributed by atoms with E-state index in [2.05, 4.69) is 4.98 Å². The second-order valence-corrected chi connectivity index (χ2v) is 3.54. The Hall–Kier alpha value is -2.16. The van der Waals surface area contributed by atoms with Crippen molar-refractivity contribution in [3.63, 3.8) is 0 Å². The van der Waals surface area contributed by atoms with Crippen LogP contribution in [0.15, 0.2) is 42.7 Å². The first kappa shape index (κ1) is 11.3. The summed E-state index contributed by atoms with van der Waals surface area (Å²) in [5.41, 5.74) is 2.39. The molecule has 0 spiro atoms. The van der Waals surface area contributed by atoms with Crippen molar-refractivity contribution in [2.75, 3.05) is 6.61 Å². The molecule has 3 heteroatoms. The Morgan fingerprint density at radius 2 is 2.24 bits per heavy atom. The highest BCUT2D eigenvalue weighted by atomic mass is 16.5. The van der Waals surface area contributed by atoms with Gasteiger partial charge < -0.3 is 4.74 Å². The van der Waals surface area contributed by atoms with Gasteiger partial charge in [0.1, 0.15) is 5.75 Å². The van der Waals surface area contributed by atoms with E-state index < -0.39 is 0 Å². The van der Waals surface area contributed by atoms with Crippen molar-refractivity contribution >= 4 is 6.29 Å². The summed E-state index contributed by atoms with van der Waals surface area (Å²) in [4.78, 5) is 15.0. The topological polar surface area (TPSA) is 39.2 Å². The summed E-state index contributed by atoms with van der Waals surface area (Å²) in [5, 5.41) is 0. The highest BCUT2D eigenvalue weighted by Gasteiger charge is 2.05. The molecule has 17 heavy (non-hydrogen) atoms. The predicted octanol–water partition coefficient (Wildman–Crippen LogP) is 2.96. The fourth-order valence-electron chi connectivity index (χ4n) is 1.67. The Balaban J connectivity index is 2.45. The Labute approximate surface area is 100 Å². The number of nitrogens with zero attached hydrogens (tertiary/aromatic N) is 1. The van der Waals surface area contributed by atoms with Crippen LogP contribution in [0, 0.1) is 0 Å². The maximum atomic E-state index is 11.0. The number of rotatable bonds is 4. The van der Waals surface area contributed by atoms with E-state index in [0.29, 0.717) is 12.2 Å². The number of carbonyl (C=O) groups excluding carboxylic acids is 1. The van der Waals surface area contributed by atoms with Crippen molar-refractivity contribution in [3.8, 4) is 16.9 Å². The molecule has 2 rings (SSSR count). The van der Waals surface area contributed by atoms with Gasteiger partial charge in [-0.25, -0.2) is 0 Å². The van der Waals surface area contributed by atoms with Gasteiger partial charge in [0.2, 0.25) is 0 Å². The van der Waals surface area contributed by atoms with Gasteiger partial charge in [0, 0.05) is 23.5 Å². The largest absolute Gasteiger partial charge is 0.494 e. The summed E-state index contributed by atoms with van der Waals surface area (Å²) in [6, 6.07) is 9.35. The molecule has 0 saturated heterocycles. The molecule has 1 heterocycles. The highest BCUT2D eigenvalue weighted by molar-refractivity contribution is 5.87. The van der Waals surface area contributed by atoms with Crippen LogP contribution in [0.25, 0.3) is 11.1 Å². The molecule has 0 aliphatic rings. The van der Waals surface area contributed by atoms with Crippen molar-refractivity contribution in [1.29, 1.82) is 0 Å². The SMILES string of the molecule is CCOc1cccc(-c2cnccc2C=O)c1. The first-order valence-corrected chi connectivity index (χ1v) is 5.47. The lowest BCUT2D eigenvalue weighted by Crippen LogP contribution is -1.93. The Morgan fingerprint density at radius 3 is 3.00 bits per heavy atom. The maximum absolute atomic E-state index is 11.0. The number of benzene rings is 1. The van der Waals surface area contributed by atoms with Crippen LogP contribution in [0.2, 0.25) is 0 Å². The van der Waals surface area contributed by atoms with Crippen molar-refractivity contribution in [2.45, 2.75) is 6.92 Å². The third-order valence-corrected chi connectivity index (χ3v) is 2.44. The van der Waals surface area contributed by atoms with Gasteiger partial charge in [-0.15, -0.1) is 0 Å². The average Bonchev–Trinajstić information content (AvgIpc) is 2.39. The summed E-state index contributed by atoms with van der Waals surface area (Å²) >= 11 is 0. The lowest BCUT2D eigenvalue weighted by Gasteiger charge is -2.07. The van der Waals surface area contributed by atoms with Crippen LogP contribution in [0.1, 0.15) is 17.3 Å². The molecule has 3 nitrogen and oxygen atoms in total. The van der Waals surface area contributed by atoms with E-state index in [4.69, 9.17) is 4.74 Å². The second-order valence-electron chi connectivity index (χ2n) is 3.54. The monoisotopic (exact) mass is 227 g/mol. The van der Waals surface area contributed by atoms with Crippen LogP contribution in [0.3, 0.4) is 0 Å². The van der Waals surface area contributed by atoms with E-state index in [9.17, 15) is 4.79 Å². The Morgan fingerprint density at radius 1 is 1.35 bits per heavy atom. The van der Waals surface area contributed by atoms with Gasteiger partial charge in [-0.1, -0.05) is 12.1 Å². The summed E-state index contributed by atoms with van der Waals surface area (Å²) in [7, 11) is 0. The van der Waals surface area contributed by atoms with Crippen LogP contribution in [0.4, 0.5) is 0 Å². The summed E-state index contributed by atoms with van der Waals surface area (Å²) in [6.45, 7) is 2.56. The van der Waals surface area contributed by atoms with Gasteiger partial charge in [-0.05, 0) is 30.7 Å². The normalized spacial score (nSPS) is 9.94. The zero-order valence-electron chi connectivity index (χ0n) is 9.59. The number of hydrogen-bond acceptors (Lipinski definition) is 3. The summed E-state index contributed by atoms with van der Waals surface area (Å²) in [6.07, 6.45) is 4.14. The minimum Gasteiger partial charge on any atom is -0.494 e. The average molecular weight is 227 g/mol. The molecule has 0 bridgehead atoms. The molecule has 1 aromatic heterocycles. The van der Waals surface area contributed by atoms with Crippen molar-refractivity contribution in [1.82, 2.24) is 4.98 Å². The first-order chi connectivity index (χ1) is 8.35. The molecule has 0 fully saturated rings. The molecule has 1 aromatic carbocycles. The molecular formula is C14H13NO2. The highest BCUT2D eigenvalue weighted by Crippen LogP contribution is 2.25. The number of pyridine rings is 1. The van der Waals surface area contributed by atoms with Crippen molar-refractivity contribution in [3.05, 3.63) is 48.3 Å². The van der Waals surface area contributed by atoms with Crippen LogP contribution in [-0.2, 0) is 0 Å². The fourth-order valence-corrected chi connectivity index (χ4v) is 1.67. The zero-order chi connectivity index (χ0) is 12.1. The van der Waals surface area contributed by atoms with Crippen LogP contribution in [0.5, 0.6) is 5.75 Å². The van der Waals surface area contributed by atoms with Crippen LogP contribution < -0.4 is 4.74 Å². The number of carbonyl (C=O) groups is 1. The quantitative estimate of drug-likeness (QED) is 0.754. The Kier molecular flexibility index (Phi) is 3.50. The van der Waals surface area contributed by atoms with Gasteiger partial charge in [0.05, 0.1) is 6.61 Å². The smallest absolute Gasteiger partial charge is 0.150 e. The van der Waals surface area contributed by atoms with E-state index >= 15 is 0 Å². The first-order valence-electron chi connectivity index (χ1n) is 5.47. The number of aromatic nitrogens is 1. The van der Waals surface area contributed by atoms with E-state index in [1.165, 1.54) is 0 Å². The lowest BCUT2D eigenvalue weighted by molar-refractivity contribution is 0.112. The molecule has 86 valence electrons. The summed E-state index contributed by atoms with van der Waals surface area (Å²) < 4.78 is 5.43. The number of aldehydes is 1. The van der Waals surface area contributed by atoms with Crippen molar-refractivity contribution in [2.24, 2.45) is 0 Å². The predicted molar refractivity (Wildman–Crippen MR) is 66.2 cm³/mol. The van der Waals surface area contributed by atoms with E-state index in [1.54, 1.807) is 18.5 Å². The number of ether oxygens (including phenoxy) is 1. The molecule has 0 unspecified atom stereocenters. The van der Waals surface area contributed by atoms with E-state index in [0.717, 1.165) is 23.2 Å². The van der Waals surface area contributed by atoms with Crippen molar-refractivity contribution < 1.29 is 9.53 Å². The van der Waals surface area contributed by atoms with E-state index in [1.807, 2.05) is 31.2 Å². The Bertz CT molecular complexity index is 523. The molecule has 0 aliphatic heterocycles. The maximum Gasteiger partial charge on any atom is 0.150 e. The molecule has 0 radical (unpaired) electrons. The van der Waals surface area contributed by atoms with Gasteiger partial charge in [-0.3, -0.25) is 9.78 Å². The fraction of sp³-hybridized carbons (Fsp3) is 0.143. The van der Waals surface area contributed by atoms with Gasteiger partial charge >= 0.3 is 0 Å². The molecular weight excluding hydrogens is 214 g/mol. The van der Waals surface area contributed by atoms with Crippen LogP contribution in [-0.4, -0.2) is 17.9 Å². The number of hydrogen-bond donors (Lipinski definition) is 0. The summed E-state index contributed by atoms with van der Waals surface area (Å²) in [5.74, 6) is 0.797. The zero-order valence-corrected chi connectivity index (χ0v) is 9.59. The molecule has 0 aliphatic carbocycles. The molecule has 0 amide bonds. The third-order valence-electron chi connectivity index (χ3n) is 2.44. The molecule has 2 aromatic rings. The molecule has 0 atom stereocenters. The minimum atomic E-state index is 0.622. The van der Waals surface area contributed by atoms with Gasteiger partial charge in [-0.2, -0.15) is 0 Å². The molecule has 0 saturated carbocycles. The van der Waals surface area contributed by atoms with Gasteiger partial charge in [0.15, 0.2) is 6.29 Å². The molecule has 0 N–H and O–H groups in total. The minimum absolute atomic E-state index is 0.622. The standard InChI is InChI=1S/C14H13NO2/c1-2-17-13-5-3-4-11(8-13)14-9-15-7-6-12(14)10-16/h3-10H,2H2,1H3. The van der Waals surface area contributed by atoms with E-state index in [-0.39, 0.29) is 0 Å². The van der Waals surface area contributed by atoms with Gasteiger partial charge in [0.25, 0.3) is 0 Å².